The topological polar surface area (TPSA) is 36.9 Å². The molecule has 140 valence electrons. The highest BCUT2D eigenvalue weighted by atomic mass is 16.5. The molecule has 4 heteroatoms. The molecular formula is C22H28O4. The maximum absolute atomic E-state index is 5.95. The molecule has 1 aliphatic rings. The molecule has 0 bridgehead atoms. The quantitative estimate of drug-likeness (QED) is 0.441. The Hall–Kier alpha value is -2.22. The van der Waals surface area contributed by atoms with Crippen LogP contribution in [0.25, 0.3) is 0 Å². The van der Waals surface area contributed by atoms with Crippen LogP contribution < -0.4 is 4.74 Å². The summed E-state index contributed by atoms with van der Waals surface area (Å²) in [5, 5.41) is 0. The number of hydrogen-bond donors (Lipinski definition) is 0. The molecule has 0 saturated carbocycles. The summed E-state index contributed by atoms with van der Waals surface area (Å²) in [5.74, 6) is 8.21. The molecule has 1 aromatic carbocycles. The maximum atomic E-state index is 5.95. The fraction of sp³-hybridized carbons (Fsp3) is 0.455. The van der Waals surface area contributed by atoms with Crippen LogP contribution in [0.4, 0.5) is 0 Å². The summed E-state index contributed by atoms with van der Waals surface area (Å²) >= 11 is 0. The van der Waals surface area contributed by atoms with Crippen LogP contribution in [0.3, 0.4) is 0 Å². The van der Waals surface area contributed by atoms with E-state index >= 15 is 0 Å². The van der Waals surface area contributed by atoms with Gasteiger partial charge in [0.1, 0.15) is 24.7 Å². The summed E-state index contributed by atoms with van der Waals surface area (Å²) in [6.45, 7) is 5.01. The first-order valence-electron chi connectivity index (χ1n) is 9.06. The van der Waals surface area contributed by atoms with Gasteiger partial charge >= 0.3 is 0 Å². The third-order valence-electron chi connectivity index (χ3n) is 3.77. The summed E-state index contributed by atoms with van der Waals surface area (Å²) < 4.78 is 22.3. The SMILES string of the molecule is COCCCOCCOc1ccccc1COC1=C/CC#CC(C)/C=C\1. The number of methoxy groups -OCH3 is 1. The predicted octanol–water partition coefficient (Wildman–Crippen LogP) is 4.12. The van der Waals surface area contributed by atoms with Gasteiger partial charge in [-0.15, -0.1) is 0 Å². The molecule has 0 N–H and O–H groups in total. The standard InChI is InChI=1S/C22H28O4/c1-19-8-3-5-10-21(13-12-19)26-18-20-9-4-6-11-22(20)25-17-16-24-15-7-14-23-2/h4,6,9-13,19H,5,7,14-18H2,1-2H3/b13-12-,21-10+. The van der Waals surface area contributed by atoms with Gasteiger partial charge in [-0.2, -0.15) is 0 Å². The molecule has 0 amide bonds. The highest BCUT2D eigenvalue weighted by Gasteiger charge is 2.05. The van der Waals surface area contributed by atoms with Gasteiger partial charge < -0.3 is 18.9 Å². The number of ether oxygens (including phenoxy) is 4. The van der Waals surface area contributed by atoms with E-state index in [4.69, 9.17) is 18.9 Å². The molecule has 0 saturated heterocycles. The zero-order valence-corrected chi connectivity index (χ0v) is 15.7. The van der Waals surface area contributed by atoms with E-state index in [2.05, 4.69) is 24.8 Å². The molecule has 26 heavy (non-hydrogen) atoms. The minimum absolute atomic E-state index is 0.252. The van der Waals surface area contributed by atoms with Gasteiger partial charge in [0.25, 0.3) is 0 Å². The zero-order valence-electron chi connectivity index (χ0n) is 15.7. The van der Waals surface area contributed by atoms with Crippen LogP contribution >= 0.6 is 0 Å². The van der Waals surface area contributed by atoms with Crippen LogP contribution in [0.1, 0.15) is 25.3 Å². The second kappa shape index (κ2) is 12.2. The predicted molar refractivity (Wildman–Crippen MR) is 103 cm³/mol. The van der Waals surface area contributed by atoms with Gasteiger partial charge in [-0.25, -0.2) is 0 Å². The molecule has 1 aromatic rings. The van der Waals surface area contributed by atoms with Crippen molar-refractivity contribution in [3.05, 3.63) is 53.8 Å². The van der Waals surface area contributed by atoms with E-state index in [0.717, 1.165) is 30.1 Å². The summed E-state index contributed by atoms with van der Waals surface area (Å²) in [6, 6.07) is 7.93. The number of allylic oxidation sites excluding steroid dienone is 3. The van der Waals surface area contributed by atoms with Crippen molar-refractivity contribution in [3.8, 4) is 17.6 Å². The molecule has 1 aliphatic carbocycles. The van der Waals surface area contributed by atoms with Gasteiger partial charge in [0.05, 0.1) is 6.61 Å². The molecular weight excluding hydrogens is 328 g/mol. The van der Waals surface area contributed by atoms with Gasteiger partial charge in [0.15, 0.2) is 0 Å². The molecule has 0 spiro atoms. The van der Waals surface area contributed by atoms with Crippen LogP contribution in [0.2, 0.25) is 0 Å². The second-order valence-electron chi connectivity index (χ2n) is 5.98. The van der Waals surface area contributed by atoms with Crippen LogP contribution in [-0.2, 0) is 20.8 Å². The van der Waals surface area contributed by atoms with Crippen LogP contribution in [-0.4, -0.2) is 33.5 Å². The van der Waals surface area contributed by atoms with Gasteiger partial charge in [0.2, 0.25) is 0 Å². The monoisotopic (exact) mass is 356 g/mol. The van der Waals surface area contributed by atoms with E-state index in [9.17, 15) is 0 Å². The Morgan fingerprint density at radius 1 is 1.08 bits per heavy atom. The van der Waals surface area contributed by atoms with Gasteiger partial charge in [-0.3, -0.25) is 0 Å². The summed E-state index contributed by atoms with van der Waals surface area (Å²) in [4.78, 5) is 0. The molecule has 0 fully saturated rings. The Kier molecular flexibility index (Phi) is 9.42. The van der Waals surface area contributed by atoms with Crippen molar-refractivity contribution in [1.29, 1.82) is 0 Å². The lowest BCUT2D eigenvalue weighted by atomic mass is 10.1. The molecule has 2 rings (SSSR count). The molecule has 0 heterocycles. The lowest BCUT2D eigenvalue weighted by Gasteiger charge is -2.13. The first-order chi connectivity index (χ1) is 12.8. The number of benzene rings is 1. The first kappa shape index (κ1) is 20.1. The van der Waals surface area contributed by atoms with E-state index in [1.165, 1.54) is 0 Å². The average molecular weight is 356 g/mol. The highest BCUT2D eigenvalue weighted by molar-refractivity contribution is 5.33. The van der Waals surface area contributed by atoms with Crippen molar-refractivity contribution in [2.45, 2.75) is 26.4 Å². The molecule has 1 unspecified atom stereocenters. The van der Waals surface area contributed by atoms with Gasteiger partial charge in [0, 0.05) is 38.2 Å². The molecule has 4 nitrogen and oxygen atoms in total. The zero-order chi connectivity index (χ0) is 18.5. The number of hydrogen-bond acceptors (Lipinski definition) is 4. The van der Waals surface area contributed by atoms with Gasteiger partial charge in [-0.1, -0.05) is 36.1 Å². The Balaban J connectivity index is 1.79. The van der Waals surface area contributed by atoms with E-state index in [1.54, 1.807) is 7.11 Å². The first-order valence-corrected chi connectivity index (χ1v) is 9.06. The lowest BCUT2D eigenvalue weighted by Crippen LogP contribution is -2.09. The van der Waals surface area contributed by atoms with Crippen molar-refractivity contribution in [3.63, 3.8) is 0 Å². The average Bonchev–Trinajstić information content (AvgIpc) is 2.64. The van der Waals surface area contributed by atoms with Crippen molar-refractivity contribution in [2.24, 2.45) is 5.92 Å². The van der Waals surface area contributed by atoms with E-state index < -0.39 is 0 Å². The third-order valence-corrected chi connectivity index (χ3v) is 3.77. The minimum Gasteiger partial charge on any atom is -0.491 e. The Morgan fingerprint density at radius 3 is 2.85 bits per heavy atom. The van der Waals surface area contributed by atoms with Crippen LogP contribution in [0.15, 0.2) is 48.3 Å². The molecule has 0 aliphatic heterocycles. The van der Waals surface area contributed by atoms with Crippen LogP contribution in [0.5, 0.6) is 5.75 Å². The van der Waals surface area contributed by atoms with E-state index in [1.807, 2.05) is 36.4 Å². The fourth-order valence-corrected chi connectivity index (χ4v) is 2.38. The van der Waals surface area contributed by atoms with Crippen LogP contribution in [0, 0.1) is 17.8 Å². The fourth-order valence-electron chi connectivity index (χ4n) is 2.38. The number of para-hydroxylation sites is 1. The highest BCUT2D eigenvalue weighted by Crippen LogP contribution is 2.20. The van der Waals surface area contributed by atoms with E-state index in [-0.39, 0.29) is 5.92 Å². The molecule has 0 radical (unpaired) electrons. The number of rotatable bonds is 11. The van der Waals surface area contributed by atoms with Gasteiger partial charge in [-0.05, 0) is 31.6 Å². The molecule has 1 atom stereocenters. The van der Waals surface area contributed by atoms with Crippen molar-refractivity contribution < 1.29 is 18.9 Å². The Labute approximate surface area is 156 Å². The minimum atomic E-state index is 0.252. The molecule has 0 aromatic heterocycles. The normalized spacial score (nSPS) is 19.3. The second-order valence-corrected chi connectivity index (χ2v) is 5.98. The van der Waals surface area contributed by atoms with Crippen molar-refractivity contribution in [1.82, 2.24) is 0 Å². The summed E-state index contributed by atoms with van der Waals surface area (Å²) in [5.41, 5.74) is 1.02. The maximum Gasteiger partial charge on any atom is 0.126 e. The van der Waals surface area contributed by atoms with Crippen molar-refractivity contribution in [2.75, 3.05) is 33.5 Å². The van der Waals surface area contributed by atoms with E-state index in [0.29, 0.717) is 32.8 Å². The van der Waals surface area contributed by atoms with Crippen molar-refractivity contribution >= 4 is 0 Å². The largest absolute Gasteiger partial charge is 0.491 e. The summed E-state index contributed by atoms with van der Waals surface area (Å²) in [7, 11) is 1.69. The Morgan fingerprint density at radius 2 is 1.96 bits per heavy atom. The summed E-state index contributed by atoms with van der Waals surface area (Å²) in [6.07, 6.45) is 7.67. The Bertz CT molecular complexity index is 652. The lowest BCUT2D eigenvalue weighted by molar-refractivity contribution is 0.0798. The third kappa shape index (κ3) is 7.77. The smallest absolute Gasteiger partial charge is 0.126 e.